The van der Waals surface area contributed by atoms with Crippen molar-refractivity contribution >= 4 is 17.4 Å². The van der Waals surface area contributed by atoms with Crippen LogP contribution in [0.15, 0.2) is 54.1 Å². The number of carbonyl (C=O) groups is 2. The van der Waals surface area contributed by atoms with Gasteiger partial charge < -0.3 is 24.2 Å². The molecule has 2 fully saturated rings. The number of amides is 1. The molecule has 0 radical (unpaired) electrons. The normalized spacial score (nSPS) is 21.8. The first-order valence-corrected chi connectivity index (χ1v) is 11.9. The van der Waals surface area contributed by atoms with Gasteiger partial charge in [0.25, 0.3) is 11.7 Å². The fourth-order valence-corrected chi connectivity index (χ4v) is 4.42. The van der Waals surface area contributed by atoms with Crippen LogP contribution in [0.3, 0.4) is 0 Å². The zero-order chi connectivity index (χ0) is 24.1. The highest BCUT2D eigenvalue weighted by Gasteiger charge is 2.47. The maximum absolute atomic E-state index is 13.2. The van der Waals surface area contributed by atoms with Gasteiger partial charge in [-0.1, -0.05) is 19.1 Å². The molecule has 2 saturated heterocycles. The van der Waals surface area contributed by atoms with Gasteiger partial charge in [0, 0.05) is 18.7 Å². The van der Waals surface area contributed by atoms with Crippen LogP contribution in [-0.2, 0) is 14.3 Å². The SMILES string of the molecule is CCCOc1ccc(C2/C(=C(/O)c3ccc(OCC)cc3)C(=O)C(=O)N2CC2CCCO2)cc1. The van der Waals surface area contributed by atoms with Gasteiger partial charge in [-0.05, 0) is 68.1 Å². The minimum Gasteiger partial charge on any atom is -0.507 e. The molecule has 2 aromatic carbocycles. The van der Waals surface area contributed by atoms with Gasteiger partial charge in [-0.25, -0.2) is 0 Å². The number of Topliss-reactive ketones (excluding diaryl/α,β-unsaturated/α-hetero) is 1. The van der Waals surface area contributed by atoms with Crippen molar-refractivity contribution in [3.63, 3.8) is 0 Å². The van der Waals surface area contributed by atoms with E-state index in [2.05, 4.69) is 0 Å². The Bertz CT molecular complexity index is 1040. The van der Waals surface area contributed by atoms with Gasteiger partial charge in [-0.15, -0.1) is 0 Å². The van der Waals surface area contributed by atoms with Crippen molar-refractivity contribution in [3.05, 3.63) is 65.2 Å². The zero-order valence-electron chi connectivity index (χ0n) is 19.7. The number of nitrogens with zero attached hydrogens (tertiary/aromatic N) is 1. The summed E-state index contributed by atoms with van der Waals surface area (Å²) in [6.07, 6.45) is 2.52. The van der Waals surface area contributed by atoms with E-state index < -0.39 is 17.7 Å². The van der Waals surface area contributed by atoms with Crippen molar-refractivity contribution in [1.29, 1.82) is 0 Å². The van der Waals surface area contributed by atoms with Crippen molar-refractivity contribution < 1.29 is 28.9 Å². The molecule has 2 atom stereocenters. The number of ether oxygens (including phenoxy) is 3. The summed E-state index contributed by atoms with van der Waals surface area (Å²) in [5.41, 5.74) is 1.26. The van der Waals surface area contributed by atoms with Gasteiger partial charge in [0.1, 0.15) is 17.3 Å². The van der Waals surface area contributed by atoms with E-state index >= 15 is 0 Å². The van der Waals surface area contributed by atoms with Crippen LogP contribution < -0.4 is 9.47 Å². The molecule has 2 aliphatic heterocycles. The summed E-state index contributed by atoms with van der Waals surface area (Å²) in [4.78, 5) is 27.8. The Balaban J connectivity index is 1.73. The molecule has 0 aliphatic carbocycles. The Labute approximate surface area is 199 Å². The van der Waals surface area contributed by atoms with Gasteiger partial charge in [0.2, 0.25) is 0 Å². The Hall–Kier alpha value is -3.32. The molecule has 0 saturated carbocycles. The predicted octanol–water partition coefficient (Wildman–Crippen LogP) is 4.47. The fraction of sp³-hybridized carbons (Fsp3) is 0.407. The van der Waals surface area contributed by atoms with E-state index in [-0.39, 0.29) is 17.4 Å². The minimum atomic E-state index is -0.712. The van der Waals surface area contributed by atoms with E-state index in [0.717, 1.165) is 24.8 Å². The second-order valence-electron chi connectivity index (χ2n) is 8.46. The lowest BCUT2D eigenvalue weighted by Crippen LogP contribution is -2.36. The average molecular weight is 466 g/mol. The van der Waals surface area contributed by atoms with Gasteiger partial charge >= 0.3 is 0 Å². The standard InChI is InChI=1S/C27H31NO6/c1-3-15-33-21-11-7-18(8-12-21)24-23(25(29)19-9-13-20(14-10-19)32-4-2)26(30)27(31)28(24)17-22-6-5-16-34-22/h7-14,22,24,29H,3-6,15-17H2,1-2H3/b25-23-. The molecule has 180 valence electrons. The van der Waals surface area contributed by atoms with Crippen molar-refractivity contribution in [2.45, 2.75) is 45.3 Å². The molecule has 7 heteroatoms. The van der Waals surface area contributed by atoms with Crippen molar-refractivity contribution in [2.75, 3.05) is 26.4 Å². The third-order valence-corrected chi connectivity index (χ3v) is 6.07. The van der Waals surface area contributed by atoms with Gasteiger partial charge in [0.05, 0.1) is 30.9 Å². The number of hydrogen-bond acceptors (Lipinski definition) is 6. The molecule has 4 rings (SSSR count). The first-order valence-electron chi connectivity index (χ1n) is 11.9. The van der Waals surface area contributed by atoms with Crippen LogP contribution >= 0.6 is 0 Å². The second-order valence-corrected chi connectivity index (χ2v) is 8.46. The maximum atomic E-state index is 13.2. The van der Waals surface area contributed by atoms with Crippen LogP contribution in [0.25, 0.3) is 5.76 Å². The number of benzene rings is 2. The van der Waals surface area contributed by atoms with Crippen LogP contribution in [0.5, 0.6) is 11.5 Å². The lowest BCUT2D eigenvalue weighted by molar-refractivity contribution is -0.140. The first-order chi connectivity index (χ1) is 16.5. The van der Waals surface area contributed by atoms with Crippen LogP contribution in [0.4, 0.5) is 0 Å². The Kier molecular flexibility index (Phi) is 7.53. The molecule has 0 aromatic heterocycles. The van der Waals surface area contributed by atoms with Crippen LogP contribution in [0, 0.1) is 0 Å². The van der Waals surface area contributed by atoms with Crippen LogP contribution in [-0.4, -0.2) is 54.2 Å². The number of carbonyl (C=O) groups excluding carboxylic acids is 2. The van der Waals surface area contributed by atoms with Gasteiger partial charge in [-0.2, -0.15) is 0 Å². The summed E-state index contributed by atoms with van der Waals surface area (Å²) in [7, 11) is 0. The second kappa shape index (κ2) is 10.7. The summed E-state index contributed by atoms with van der Waals surface area (Å²) in [5.74, 6) is -0.141. The van der Waals surface area contributed by atoms with E-state index in [4.69, 9.17) is 14.2 Å². The zero-order valence-corrected chi connectivity index (χ0v) is 19.7. The molecular formula is C27H31NO6. The van der Waals surface area contributed by atoms with E-state index in [1.54, 1.807) is 24.3 Å². The molecule has 2 aliphatic rings. The lowest BCUT2D eigenvalue weighted by atomic mass is 9.95. The molecule has 7 nitrogen and oxygen atoms in total. The largest absolute Gasteiger partial charge is 0.507 e. The molecule has 2 unspecified atom stereocenters. The molecule has 1 N–H and O–H groups in total. The third kappa shape index (κ3) is 4.94. The highest BCUT2D eigenvalue weighted by atomic mass is 16.5. The quantitative estimate of drug-likeness (QED) is 0.334. The fourth-order valence-electron chi connectivity index (χ4n) is 4.42. The monoisotopic (exact) mass is 465 g/mol. The van der Waals surface area contributed by atoms with Crippen LogP contribution in [0.2, 0.25) is 0 Å². The van der Waals surface area contributed by atoms with E-state index in [1.807, 2.05) is 38.1 Å². The predicted molar refractivity (Wildman–Crippen MR) is 128 cm³/mol. The number of rotatable bonds is 9. The molecular weight excluding hydrogens is 434 g/mol. The lowest BCUT2D eigenvalue weighted by Gasteiger charge is -2.27. The van der Waals surface area contributed by atoms with E-state index in [1.165, 1.54) is 4.90 Å². The first kappa shape index (κ1) is 23.8. The number of likely N-dealkylation sites (tertiary alicyclic amines) is 1. The Morgan fingerprint density at radius 2 is 1.71 bits per heavy atom. The summed E-state index contributed by atoms with van der Waals surface area (Å²) in [6, 6.07) is 13.5. The number of hydrogen-bond donors (Lipinski definition) is 1. The molecule has 2 heterocycles. The molecule has 1 amide bonds. The van der Waals surface area contributed by atoms with E-state index in [9.17, 15) is 14.7 Å². The van der Waals surface area contributed by atoms with Gasteiger partial charge in [-0.3, -0.25) is 9.59 Å². The Morgan fingerprint density at radius 1 is 1.03 bits per heavy atom. The van der Waals surface area contributed by atoms with Gasteiger partial charge in [0.15, 0.2) is 0 Å². The minimum absolute atomic E-state index is 0.0781. The van der Waals surface area contributed by atoms with E-state index in [0.29, 0.717) is 43.4 Å². The van der Waals surface area contributed by atoms with Crippen molar-refractivity contribution in [2.24, 2.45) is 0 Å². The smallest absolute Gasteiger partial charge is 0.295 e. The summed E-state index contributed by atoms with van der Waals surface area (Å²) < 4.78 is 16.9. The number of aliphatic hydroxyl groups is 1. The Morgan fingerprint density at radius 3 is 2.32 bits per heavy atom. The highest BCUT2D eigenvalue weighted by molar-refractivity contribution is 6.46. The van der Waals surface area contributed by atoms with Crippen molar-refractivity contribution in [1.82, 2.24) is 4.90 Å². The molecule has 2 aromatic rings. The summed E-state index contributed by atoms with van der Waals surface area (Å²) >= 11 is 0. The molecule has 0 bridgehead atoms. The molecule has 0 spiro atoms. The van der Waals surface area contributed by atoms with Crippen LogP contribution in [0.1, 0.15) is 50.3 Å². The highest BCUT2D eigenvalue weighted by Crippen LogP contribution is 2.40. The summed E-state index contributed by atoms with van der Waals surface area (Å²) in [6.45, 7) is 6.00. The third-order valence-electron chi connectivity index (χ3n) is 6.07. The molecule has 34 heavy (non-hydrogen) atoms. The topological polar surface area (TPSA) is 85.3 Å². The number of ketones is 1. The average Bonchev–Trinajstić information content (AvgIpc) is 3.46. The summed E-state index contributed by atoms with van der Waals surface area (Å²) in [5, 5.41) is 11.2. The number of aliphatic hydroxyl groups excluding tert-OH is 1. The van der Waals surface area contributed by atoms with Crippen molar-refractivity contribution in [3.8, 4) is 11.5 Å². The maximum Gasteiger partial charge on any atom is 0.295 e.